The monoisotopic (exact) mass is 195 g/mol. The molecular formula is C8H9N3O3. The second kappa shape index (κ2) is 3.13. The van der Waals surface area contributed by atoms with Crippen molar-refractivity contribution in [3.63, 3.8) is 0 Å². The van der Waals surface area contributed by atoms with Crippen molar-refractivity contribution in [2.24, 2.45) is 4.99 Å². The first kappa shape index (κ1) is 8.74. The third-order valence-electron chi connectivity index (χ3n) is 1.97. The lowest BCUT2D eigenvalue weighted by molar-refractivity contribution is -0.385. The van der Waals surface area contributed by atoms with Gasteiger partial charge in [-0.2, -0.15) is 4.73 Å². The van der Waals surface area contributed by atoms with E-state index in [2.05, 4.69) is 4.99 Å². The quantitative estimate of drug-likeness (QED) is 0.428. The van der Waals surface area contributed by atoms with Gasteiger partial charge in [0.25, 0.3) is 5.69 Å². The summed E-state index contributed by atoms with van der Waals surface area (Å²) in [5.74, 6) is 0. The van der Waals surface area contributed by atoms with E-state index in [1.807, 2.05) is 0 Å². The van der Waals surface area contributed by atoms with Crippen LogP contribution in [0.2, 0.25) is 0 Å². The maximum atomic E-state index is 10.4. The van der Waals surface area contributed by atoms with Gasteiger partial charge in [0.05, 0.1) is 23.2 Å². The maximum Gasteiger partial charge on any atom is 0.274 e. The summed E-state index contributed by atoms with van der Waals surface area (Å²) in [5.41, 5.74) is 0.177. The molecule has 0 aromatic carbocycles. The van der Waals surface area contributed by atoms with E-state index in [1.54, 1.807) is 0 Å². The van der Waals surface area contributed by atoms with Gasteiger partial charge in [-0.1, -0.05) is 0 Å². The summed E-state index contributed by atoms with van der Waals surface area (Å²) in [6, 6.07) is 2.71. The van der Waals surface area contributed by atoms with Crippen LogP contribution in [-0.4, -0.2) is 20.9 Å². The molecule has 0 spiro atoms. The van der Waals surface area contributed by atoms with E-state index >= 15 is 0 Å². The number of hydrogen-bond acceptors (Lipinski definition) is 4. The van der Waals surface area contributed by atoms with Crippen molar-refractivity contribution in [2.75, 3.05) is 0 Å². The lowest BCUT2D eigenvalue weighted by atomic mass is 10.4. The molecule has 0 aliphatic heterocycles. The molecule has 0 amide bonds. The van der Waals surface area contributed by atoms with Crippen LogP contribution in [0.15, 0.2) is 23.3 Å². The number of hydrogen-bond donors (Lipinski definition) is 1. The smallest absolute Gasteiger partial charge is 0.274 e. The highest BCUT2D eigenvalue weighted by Gasteiger charge is 2.20. The lowest BCUT2D eigenvalue weighted by Gasteiger charge is -1.97. The van der Waals surface area contributed by atoms with Gasteiger partial charge in [0.2, 0.25) is 0 Å². The first-order chi connectivity index (χ1) is 6.66. The number of nitrogens with zero attached hydrogens (tertiary/aromatic N) is 3. The molecule has 2 rings (SSSR count). The van der Waals surface area contributed by atoms with Crippen LogP contribution in [0.3, 0.4) is 0 Å². The maximum absolute atomic E-state index is 10.4. The van der Waals surface area contributed by atoms with Crippen LogP contribution in [0.1, 0.15) is 12.8 Å². The van der Waals surface area contributed by atoms with Crippen LogP contribution < -0.4 is 5.49 Å². The zero-order chi connectivity index (χ0) is 10.1. The zero-order valence-electron chi connectivity index (χ0n) is 7.33. The molecule has 1 aliphatic carbocycles. The molecule has 0 unspecified atom stereocenters. The Morgan fingerprint density at radius 2 is 2.36 bits per heavy atom. The van der Waals surface area contributed by atoms with Crippen molar-refractivity contribution < 1.29 is 10.1 Å². The predicted molar refractivity (Wildman–Crippen MR) is 46.9 cm³/mol. The van der Waals surface area contributed by atoms with Crippen LogP contribution in [0.25, 0.3) is 0 Å². The van der Waals surface area contributed by atoms with Crippen LogP contribution >= 0.6 is 0 Å². The number of pyridine rings is 1. The molecule has 1 fully saturated rings. The molecule has 0 saturated heterocycles. The Morgan fingerprint density at radius 3 is 2.93 bits per heavy atom. The van der Waals surface area contributed by atoms with E-state index in [1.165, 1.54) is 18.3 Å². The third-order valence-corrected chi connectivity index (χ3v) is 1.97. The summed E-state index contributed by atoms with van der Waals surface area (Å²) in [7, 11) is 0. The lowest BCUT2D eigenvalue weighted by Crippen LogP contribution is -2.18. The minimum absolute atomic E-state index is 0.0605. The van der Waals surface area contributed by atoms with E-state index in [9.17, 15) is 15.3 Å². The summed E-state index contributed by atoms with van der Waals surface area (Å²) in [4.78, 5) is 14.1. The second-order valence-electron chi connectivity index (χ2n) is 3.21. The van der Waals surface area contributed by atoms with E-state index in [0.29, 0.717) is 0 Å². The van der Waals surface area contributed by atoms with Crippen molar-refractivity contribution in [3.8, 4) is 0 Å². The van der Waals surface area contributed by atoms with Gasteiger partial charge in [0, 0.05) is 6.07 Å². The van der Waals surface area contributed by atoms with Crippen molar-refractivity contribution in [1.29, 1.82) is 0 Å². The molecule has 0 bridgehead atoms. The highest BCUT2D eigenvalue weighted by molar-refractivity contribution is 5.25. The highest BCUT2D eigenvalue weighted by Crippen LogP contribution is 2.22. The van der Waals surface area contributed by atoms with Crippen LogP contribution in [0.5, 0.6) is 0 Å². The molecular weight excluding hydrogens is 186 g/mol. The molecule has 1 aromatic heterocycles. The molecule has 14 heavy (non-hydrogen) atoms. The third kappa shape index (κ3) is 1.73. The highest BCUT2D eigenvalue weighted by atomic mass is 16.6. The minimum Gasteiger partial charge on any atom is -0.427 e. The Bertz CT molecular complexity index is 434. The SMILES string of the molecule is O=[N+]([O-])c1ccn(O)c(=NC2CC2)c1. The van der Waals surface area contributed by atoms with Gasteiger partial charge in [-0.25, -0.2) is 0 Å². The molecule has 0 atom stereocenters. The van der Waals surface area contributed by atoms with E-state index in [0.717, 1.165) is 17.6 Å². The Labute approximate surface area is 79.2 Å². The molecule has 0 radical (unpaired) electrons. The van der Waals surface area contributed by atoms with Crippen LogP contribution in [0, 0.1) is 10.1 Å². The van der Waals surface area contributed by atoms with Crippen molar-refractivity contribution in [2.45, 2.75) is 18.9 Å². The summed E-state index contributed by atoms with van der Waals surface area (Å²) >= 11 is 0. The molecule has 1 aliphatic rings. The Kier molecular flexibility index (Phi) is 1.95. The summed E-state index contributed by atoms with van der Waals surface area (Å²) < 4.78 is 0.797. The fourth-order valence-electron chi connectivity index (χ4n) is 1.07. The Morgan fingerprint density at radius 1 is 1.64 bits per heavy atom. The van der Waals surface area contributed by atoms with Gasteiger partial charge in [-0.05, 0) is 12.8 Å². The van der Waals surface area contributed by atoms with Gasteiger partial charge < -0.3 is 5.21 Å². The summed E-state index contributed by atoms with van der Waals surface area (Å²) in [6.07, 6.45) is 3.20. The summed E-state index contributed by atoms with van der Waals surface area (Å²) in [6.45, 7) is 0. The average molecular weight is 195 g/mol. The molecule has 6 heteroatoms. The van der Waals surface area contributed by atoms with Crippen LogP contribution in [0.4, 0.5) is 5.69 Å². The van der Waals surface area contributed by atoms with Gasteiger partial charge >= 0.3 is 0 Å². The molecule has 1 N–H and O–H groups in total. The van der Waals surface area contributed by atoms with E-state index in [4.69, 9.17) is 0 Å². The number of nitro groups is 1. The van der Waals surface area contributed by atoms with Crippen molar-refractivity contribution >= 4 is 5.69 Å². The summed E-state index contributed by atoms with van der Waals surface area (Å²) in [5, 5.41) is 19.7. The first-order valence-corrected chi connectivity index (χ1v) is 4.27. The molecule has 74 valence electrons. The van der Waals surface area contributed by atoms with Crippen molar-refractivity contribution in [1.82, 2.24) is 4.73 Å². The predicted octanol–water partition coefficient (Wildman–Crippen LogP) is 0.697. The topological polar surface area (TPSA) is 80.7 Å². The van der Waals surface area contributed by atoms with Crippen molar-refractivity contribution in [3.05, 3.63) is 33.9 Å². The fraction of sp³-hybridized carbons (Fsp3) is 0.375. The molecule has 1 aromatic rings. The average Bonchev–Trinajstić information content (AvgIpc) is 2.92. The van der Waals surface area contributed by atoms with E-state index < -0.39 is 4.92 Å². The minimum atomic E-state index is -0.508. The Balaban J connectivity index is 2.46. The van der Waals surface area contributed by atoms with Gasteiger partial charge in [0.1, 0.15) is 0 Å². The molecule has 6 nitrogen and oxygen atoms in total. The standard InChI is InChI=1S/C8H9N3O3/c12-10-4-3-7(11(13)14)5-8(10)9-6-1-2-6/h3-6,12H,1-2H2. The second-order valence-corrected chi connectivity index (χ2v) is 3.21. The van der Waals surface area contributed by atoms with Gasteiger partial charge in [-0.3, -0.25) is 15.1 Å². The normalized spacial score (nSPS) is 17.0. The largest absolute Gasteiger partial charge is 0.427 e. The van der Waals surface area contributed by atoms with Gasteiger partial charge in [0.15, 0.2) is 5.49 Å². The fourth-order valence-corrected chi connectivity index (χ4v) is 1.07. The molecule has 1 heterocycles. The molecule has 1 saturated carbocycles. The Hall–Kier alpha value is -1.85. The first-order valence-electron chi connectivity index (χ1n) is 4.27. The zero-order valence-corrected chi connectivity index (χ0v) is 7.33. The van der Waals surface area contributed by atoms with Gasteiger partial charge in [-0.15, -0.1) is 0 Å². The number of rotatable bonds is 2. The van der Waals surface area contributed by atoms with E-state index in [-0.39, 0.29) is 17.2 Å². The number of aromatic nitrogens is 1. The van der Waals surface area contributed by atoms with Crippen LogP contribution in [-0.2, 0) is 0 Å².